The van der Waals surface area contributed by atoms with Crippen LogP contribution in [0.4, 0.5) is 10.2 Å². The van der Waals surface area contributed by atoms with E-state index in [2.05, 4.69) is 41.2 Å². The van der Waals surface area contributed by atoms with Crippen LogP contribution in [0.2, 0.25) is 0 Å². The van der Waals surface area contributed by atoms with Gasteiger partial charge in [0.15, 0.2) is 0 Å². The highest BCUT2D eigenvalue weighted by Crippen LogP contribution is 2.18. The number of nitrogens with one attached hydrogen (secondary N) is 1. The van der Waals surface area contributed by atoms with E-state index in [-0.39, 0.29) is 17.8 Å². The first-order chi connectivity index (χ1) is 13.5. The number of anilines is 1. The third-order valence-corrected chi connectivity index (χ3v) is 4.49. The molecule has 2 aromatic carbocycles. The van der Waals surface area contributed by atoms with E-state index < -0.39 is 0 Å². The topological polar surface area (TPSA) is 45.2 Å². The minimum Gasteiger partial charge on any atom is -0.350 e. The molecular weight excluding hydrogens is 353 g/mol. The second kappa shape index (κ2) is 9.13. The number of benzene rings is 2. The number of amides is 1. The number of halogens is 1. The van der Waals surface area contributed by atoms with Crippen molar-refractivity contribution in [2.24, 2.45) is 0 Å². The molecule has 0 bridgehead atoms. The fourth-order valence-corrected chi connectivity index (χ4v) is 2.89. The molecule has 4 nitrogen and oxygen atoms in total. The van der Waals surface area contributed by atoms with Crippen LogP contribution in [0.3, 0.4) is 0 Å². The lowest BCUT2D eigenvalue weighted by Gasteiger charge is -2.28. The van der Waals surface area contributed by atoms with Crippen LogP contribution in [-0.2, 0) is 13.1 Å². The predicted molar refractivity (Wildman–Crippen MR) is 110 cm³/mol. The van der Waals surface area contributed by atoms with Gasteiger partial charge in [0.2, 0.25) is 0 Å². The van der Waals surface area contributed by atoms with Crippen LogP contribution >= 0.6 is 0 Å². The molecule has 0 unspecified atom stereocenters. The van der Waals surface area contributed by atoms with Crippen molar-refractivity contribution in [2.75, 3.05) is 4.90 Å². The summed E-state index contributed by atoms with van der Waals surface area (Å²) in [5.41, 5.74) is 2.54. The van der Waals surface area contributed by atoms with Gasteiger partial charge in [-0.1, -0.05) is 42.5 Å². The summed E-state index contributed by atoms with van der Waals surface area (Å²) in [7, 11) is 0. The molecule has 0 aliphatic carbocycles. The molecule has 0 atom stereocenters. The largest absolute Gasteiger partial charge is 0.350 e. The van der Waals surface area contributed by atoms with E-state index in [0.717, 1.165) is 17.9 Å². The number of rotatable bonds is 7. The molecule has 0 aliphatic rings. The SMILES string of the molecule is CC(C)N(Cc1ccccc1)c1ccc(C(=O)NCc2ccc(F)cc2)cn1. The van der Waals surface area contributed by atoms with Gasteiger partial charge in [-0.3, -0.25) is 4.79 Å². The maximum absolute atomic E-state index is 12.9. The second-order valence-electron chi connectivity index (χ2n) is 6.92. The lowest BCUT2D eigenvalue weighted by atomic mass is 10.1. The van der Waals surface area contributed by atoms with Crippen molar-refractivity contribution in [2.45, 2.75) is 33.0 Å². The van der Waals surface area contributed by atoms with Crippen molar-refractivity contribution in [3.05, 3.63) is 95.4 Å². The Hall–Kier alpha value is -3.21. The molecule has 1 N–H and O–H groups in total. The number of pyridine rings is 1. The van der Waals surface area contributed by atoms with Gasteiger partial charge in [0.1, 0.15) is 11.6 Å². The van der Waals surface area contributed by atoms with Gasteiger partial charge in [-0.2, -0.15) is 0 Å². The molecule has 0 saturated heterocycles. The van der Waals surface area contributed by atoms with Gasteiger partial charge >= 0.3 is 0 Å². The number of carbonyl (C=O) groups excluding carboxylic acids is 1. The third-order valence-electron chi connectivity index (χ3n) is 4.49. The van der Waals surface area contributed by atoms with E-state index in [0.29, 0.717) is 12.1 Å². The average Bonchev–Trinajstić information content (AvgIpc) is 2.72. The van der Waals surface area contributed by atoms with Crippen LogP contribution in [-0.4, -0.2) is 16.9 Å². The Morgan fingerprint density at radius 1 is 1.00 bits per heavy atom. The minimum atomic E-state index is -0.292. The van der Waals surface area contributed by atoms with Gasteiger partial charge in [-0.25, -0.2) is 9.37 Å². The number of nitrogens with zero attached hydrogens (tertiary/aromatic N) is 2. The fourth-order valence-electron chi connectivity index (χ4n) is 2.89. The maximum atomic E-state index is 12.9. The number of carbonyl (C=O) groups is 1. The highest BCUT2D eigenvalue weighted by molar-refractivity contribution is 5.94. The third kappa shape index (κ3) is 5.16. The molecule has 5 heteroatoms. The first kappa shape index (κ1) is 19.5. The number of hydrogen-bond acceptors (Lipinski definition) is 3. The standard InChI is InChI=1S/C23H24FN3O/c1-17(2)27(16-19-6-4-3-5-7-19)22-13-10-20(15-25-22)23(28)26-14-18-8-11-21(24)12-9-18/h3-13,15,17H,14,16H2,1-2H3,(H,26,28). The number of aromatic nitrogens is 1. The molecule has 28 heavy (non-hydrogen) atoms. The maximum Gasteiger partial charge on any atom is 0.253 e. The highest BCUT2D eigenvalue weighted by Gasteiger charge is 2.14. The summed E-state index contributed by atoms with van der Waals surface area (Å²) in [5.74, 6) is 0.330. The van der Waals surface area contributed by atoms with E-state index in [1.54, 1.807) is 24.4 Å². The fraction of sp³-hybridized carbons (Fsp3) is 0.217. The predicted octanol–water partition coefficient (Wildman–Crippen LogP) is 4.57. The van der Waals surface area contributed by atoms with Crippen molar-refractivity contribution in [3.63, 3.8) is 0 Å². The highest BCUT2D eigenvalue weighted by atomic mass is 19.1. The summed E-state index contributed by atoms with van der Waals surface area (Å²) < 4.78 is 12.9. The Bertz CT molecular complexity index is 893. The number of hydrogen-bond donors (Lipinski definition) is 1. The summed E-state index contributed by atoms with van der Waals surface area (Å²) in [6.45, 7) is 5.33. The average molecular weight is 377 g/mol. The lowest BCUT2D eigenvalue weighted by molar-refractivity contribution is 0.0950. The molecule has 3 aromatic rings. The molecule has 0 spiro atoms. The van der Waals surface area contributed by atoms with Crippen LogP contribution in [0.25, 0.3) is 0 Å². The second-order valence-corrected chi connectivity index (χ2v) is 6.92. The Kier molecular flexibility index (Phi) is 6.37. The van der Waals surface area contributed by atoms with Gasteiger partial charge in [0.25, 0.3) is 5.91 Å². The summed E-state index contributed by atoms with van der Waals surface area (Å²) in [6.07, 6.45) is 1.59. The zero-order valence-corrected chi connectivity index (χ0v) is 16.1. The van der Waals surface area contributed by atoms with E-state index in [1.165, 1.54) is 17.7 Å². The molecule has 1 amide bonds. The van der Waals surface area contributed by atoms with Crippen LogP contribution in [0, 0.1) is 5.82 Å². The van der Waals surface area contributed by atoms with Crippen LogP contribution in [0.5, 0.6) is 0 Å². The van der Waals surface area contributed by atoms with Crippen LogP contribution in [0.1, 0.15) is 35.3 Å². The molecule has 1 aromatic heterocycles. The van der Waals surface area contributed by atoms with Gasteiger partial charge < -0.3 is 10.2 Å². The summed E-state index contributed by atoms with van der Waals surface area (Å²) in [4.78, 5) is 19.0. The van der Waals surface area contributed by atoms with Crippen LogP contribution in [0.15, 0.2) is 72.9 Å². The molecule has 0 fully saturated rings. The zero-order valence-electron chi connectivity index (χ0n) is 16.1. The van der Waals surface area contributed by atoms with Gasteiger partial charge in [-0.05, 0) is 49.2 Å². The lowest BCUT2D eigenvalue weighted by Crippen LogP contribution is -2.31. The molecule has 144 valence electrons. The van der Waals surface area contributed by atoms with E-state index in [9.17, 15) is 9.18 Å². The summed E-state index contributed by atoms with van der Waals surface area (Å²) >= 11 is 0. The van der Waals surface area contributed by atoms with E-state index in [1.807, 2.05) is 24.3 Å². The van der Waals surface area contributed by atoms with Crippen molar-refractivity contribution in [3.8, 4) is 0 Å². The first-order valence-corrected chi connectivity index (χ1v) is 9.32. The quantitative estimate of drug-likeness (QED) is 0.656. The van der Waals surface area contributed by atoms with Crippen molar-refractivity contribution >= 4 is 11.7 Å². The Morgan fingerprint density at radius 3 is 2.32 bits per heavy atom. The molecule has 0 radical (unpaired) electrons. The smallest absolute Gasteiger partial charge is 0.253 e. The molecule has 1 heterocycles. The van der Waals surface area contributed by atoms with E-state index in [4.69, 9.17) is 0 Å². The minimum absolute atomic E-state index is 0.206. The Morgan fingerprint density at radius 2 is 1.71 bits per heavy atom. The molecular formula is C23H24FN3O. The molecule has 3 rings (SSSR count). The van der Waals surface area contributed by atoms with E-state index >= 15 is 0 Å². The van der Waals surface area contributed by atoms with Crippen molar-refractivity contribution in [1.82, 2.24) is 10.3 Å². The van der Waals surface area contributed by atoms with Gasteiger partial charge in [-0.15, -0.1) is 0 Å². The Labute approximate surface area is 165 Å². The summed E-state index contributed by atoms with van der Waals surface area (Å²) in [6, 6.07) is 20.2. The Balaban J connectivity index is 1.65. The van der Waals surface area contributed by atoms with Gasteiger partial charge in [0.05, 0.1) is 5.56 Å². The zero-order chi connectivity index (χ0) is 19.9. The van der Waals surface area contributed by atoms with Crippen LogP contribution < -0.4 is 10.2 Å². The molecule has 0 saturated carbocycles. The first-order valence-electron chi connectivity index (χ1n) is 9.32. The monoisotopic (exact) mass is 377 g/mol. The molecule has 0 aliphatic heterocycles. The van der Waals surface area contributed by atoms with Crippen molar-refractivity contribution < 1.29 is 9.18 Å². The van der Waals surface area contributed by atoms with Gasteiger partial charge in [0, 0.05) is 25.3 Å². The van der Waals surface area contributed by atoms with Crippen molar-refractivity contribution in [1.29, 1.82) is 0 Å². The normalized spacial score (nSPS) is 10.7. The summed E-state index contributed by atoms with van der Waals surface area (Å²) in [5, 5.41) is 2.83.